The van der Waals surface area contributed by atoms with Crippen molar-refractivity contribution in [1.29, 1.82) is 0 Å². The maximum atomic E-state index is 11.5. The lowest BCUT2D eigenvalue weighted by Crippen LogP contribution is -2.22. The normalized spacial score (nSPS) is 16.8. The molecular formula is C18H21N3O2S. The molecule has 0 amide bonds. The van der Waals surface area contributed by atoms with Crippen LogP contribution in [0.15, 0.2) is 35.4 Å². The molecule has 1 aromatic heterocycles. The monoisotopic (exact) mass is 343 g/mol. The van der Waals surface area contributed by atoms with Gasteiger partial charge in [0, 0.05) is 18.4 Å². The quantitative estimate of drug-likeness (QED) is 0.927. The zero-order chi connectivity index (χ0) is 16.7. The molecule has 0 spiro atoms. The lowest BCUT2D eigenvalue weighted by Gasteiger charge is -2.23. The third-order valence-corrected chi connectivity index (χ3v) is 5.99. The Kier molecular flexibility index (Phi) is 3.81. The summed E-state index contributed by atoms with van der Waals surface area (Å²) in [6, 6.07) is 7.32. The van der Waals surface area contributed by atoms with Crippen LogP contribution in [-0.4, -0.2) is 19.9 Å². The fourth-order valence-electron chi connectivity index (χ4n) is 3.84. The molecule has 0 unspecified atom stereocenters. The van der Waals surface area contributed by atoms with E-state index in [0.717, 1.165) is 49.3 Å². The van der Waals surface area contributed by atoms with E-state index in [0.29, 0.717) is 0 Å². The topological polar surface area (TPSA) is 76.3 Å². The number of pyridine rings is 1. The molecule has 1 aliphatic carbocycles. The van der Waals surface area contributed by atoms with Crippen molar-refractivity contribution in [1.82, 2.24) is 4.98 Å². The maximum absolute atomic E-state index is 11.5. The highest BCUT2D eigenvalue weighted by atomic mass is 32.2. The minimum Gasteiger partial charge on any atom is -0.365 e. The molecule has 6 heteroatoms. The van der Waals surface area contributed by atoms with E-state index in [9.17, 15) is 8.42 Å². The van der Waals surface area contributed by atoms with E-state index < -0.39 is 10.0 Å². The first-order valence-corrected chi connectivity index (χ1v) is 9.93. The molecule has 0 saturated carbocycles. The number of hydrogen-bond acceptors (Lipinski definition) is 4. The van der Waals surface area contributed by atoms with E-state index in [2.05, 4.69) is 16.0 Å². The van der Waals surface area contributed by atoms with Gasteiger partial charge >= 0.3 is 0 Å². The fraction of sp³-hybridized carbons (Fsp3) is 0.389. The number of fused-ring (bicyclic) bond motifs is 2. The Morgan fingerprint density at radius 3 is 2.75 bits per heavy atom. The molecule has 2 heterocycles. The Labute approximate surface area is 142 Å². The average Bonchev–Trinajstić information content (AvgIpc) is 2.97. The van der Waals surface area contributed by atoms with Crippen molar-refractivity contribution in [2.75, 3.05) is 11.4 Å². The van der Waals surface area contributed by atoms with Gasteiger partial charge in [-0.2, -0.15) is 0 Å². The number of aryl methyl sites for hydroxylation is 1. The highest BCUT2D eigenvalue weighted by Gasteiger charge is 2.23. The number of nitrogens with two attached hydrogens (primary N) is 1. The van der Waals surface area contributed by atoms with Gasteiger partial charge in [0.05, 0.1) is 17.1 Å². The molecule has 2 aliphatic rings. The fourth-order valence-corrected chi connectivity index (χ4v) is 4.41. The third kappa shape index (κ3) is 2.80. The van der Waals surface area contributed by atoms with Gasteiger partial charge in [0.25, 0.3) is 0 Å². The van der Waals surface area contributed by atoms with Gasteiger partial charge in [-0.1, -0.05) is 0 Å². The van der Waals surface area contributed by atoms with Crippen molar-refractivity contribution in [3.8, 4) is 0 Å². The summed E-state index contributed by atoms with van der Waals surface area (Å²) in [6.45, 7) is 1.67. The van der Waals surface area contributed by atoms with Gasteiger partial charge in [-0.25, -0.2) is 13.6 Å². The number of nitrogens with zero attached hydrogens (tertiary/aromatic N) is 2. The second kappa shape index (κ2) is 5.86. The Hall–Kier alpha value is -1.92. The molecular weight excluding hydrogens is 322 g/mol. The van der Waals surface area contributed by atoms with Crippen molar-refractivity contribution in [2.45, 2.75) is 43.5 Å². The first-order valence-electron chi connectivity index (χ1n) is 8.39. The summed E-state index contributed by atoms with van der Waals surface area (Å²) in [7, 11) is -3.64. The van der Waals surface area contributed by atoms with E-state index in [1.165, 1.54) is 24.0 Å². The number of benzene rings is 1. The molecule has 0 fully saturated rings. The number of rotatable bonds is 3. The predicted molar refractivity (Wildman–Crippen MR) is 93.4 cm³/mol. The Morgan fingerprint density at radius 1 is 1.08 bits per heavy atom. The molecule has 1 aromatic carbocycles. The molecule has 5 nitrogen and oxygen atoms in total. The minimum atomic E-state index is -3.64. The van der Waals surface area contributed by atoms with E-state index in [1.54, 1.807) is 12.1 Å². The van der Waals surface area contributed by atoms with Crippen LogP contribution in [0.3, 0.4) is 0 Å². The van der Waals surface area contributed by atoms with Gasteiger partial charge in [-0.3, -0.25) is 4.98 Å². The van der Waals surface area contributed by atoms with Gasteiger partial charge in [0.15, 0.2) is 0 Å². The molecule has 4 rings (SSSR count). The maximum Gasteiger partial charge on any atom is 0.238 e. The van der Waals surface area contributed by atoms with Crippen LogP contribution in [0.5, 0.6) is 0 Å². The van der Waals surface area contributed by atoms with E-state index in [-0.39, 0.29) is 4.90 Å². The van der Waals surface area contributed by atoms with Crippen LogP contribution in [0.1, 0.15) is 35.2 Å². The highest BCUT2D eigenvalue weighted by molar-refractivity contribution is 7.89. The summed E-state index contributed by atoms with van der Waals surface area (Å²) < 4.78 is 23.0. The summed E-state index contributed by atoms with van der Waals surface area (Å²) in [5, 5.41) is 5.23. The van der Waals surface area contributed by atoms with Gasteiger partial charge in [0.2, 0.25) is 10.0 Å². The standard InChI is InChI=1S/C18H21N3O2S/c19-24(22,23)15-5-6-18-14(11-15)8-10-21(18)12-17-16-4-2-1-3-13(16)7-9-20-17/h5-7,9,11H,1-4,8,10,12H2,(H2,19,22,23). The summed E-state index contributed by atoms with van der Waals surface area (Å²) >= 11 is 0. The summed E-state index contributed by atoms with van der Waals surface area (Å²) in [6.07, 6.45) is 7.52. The number of anilines is 1. The smallest absolute Gasteiger partial charge is 0.238 e. The minimum absolute atomic E-state index is 0.193. The second-order valence-electron chi connectivity index (χ2n) is 6.61. The van der Waals surface area contributed by atoms with Gasteiger partial charge < -0.3 is 4.90 Å². The summed E-state index contributed by atoms with van der Waals surface area (Å²) in [4.78, 5) is 7.11. The first-order chi connectivity index (χ1) is 11.5. The van der Waals surface area contributed by atoms with Crippen LogP contribution >= 0.6 is 0 Å². The number of sulfonamides is 1. The molecule has 0 radical (unpaired) electrons. The Bertz CT molecular complexity index is 893. The number of hydrogen-bond donors (Lipinski definition) is 1. The van der Waals surface area contributed by atoms with Crippen molar-refractivity contribution in [2.24, 2.45) is 5.14 Å². The molecule has 0 saturated heterocycles. The molecule has 1 aliphatic heterocycles. The van der Waals surface area contributed by atoms with Gasteiger partial charge in [-0.15, -0.1) is 0 Å². The first kappa shape index (κ1) is 15.6. The number of primary sulfonamides is 1. The van der Waals surface area contributed by atoms with Gasteiger partial charge in [-0.05, 0) is 73.1 Å². The van der Waals surface area contributed by atoms with E-state index in [4.69, 9.17) is 5.14 Å². The van der Waals surface area contributed by atoms with Crippen molar-refractivity contribution >= 4 is 15.7 Å². The molecule has 24 heavy (non-hydrogen) atoms. The zero-order valence-electron chi connectivity index (χ0n) is 13.5. The average molecular weight is 343 g/mol. The van der Waals surface area contributed by atoms with Crippen molar-refractivity contribution < 1.29 is 8.42 Å². The van der Waals surface area contributed by atoms with Crippen LogP contribution in [-0.2, 0) is 35.8 Å². The van der Waals surface area contributed by atoms with Crippen LogP contribution < -0.4 is 10.0 Å². The lowest BCUT2D eigenvalue weighted by molar-refractivity contribution is 0.597. The summed E-state index contributed by atoms with van der Waals surface area (Å²) in [5.41, 5.74) is 6.16. The predicted octanol–water partition coefficient (Wildman–Crippen LogP) is 2.17. The molecule has 2 N–H and O–H groups in total. The molecule has 126 valence electrons. The second-order valence-corrected chi connectivity index (χ2v) is 8.17. The SMILES string of the molecule is NS(=O)(=O)c1ccc2c(c1)CCN2Cc1nccc2c1CCCC2. The van der Waals surface area contributed by atoms with Crippen molar-refractivity contribution in [3.63, 3.8) is 0 Å². The van der Waals surface area contributed by atoms with Gasteiger partial charge in [0.1, 0.15) is 0 Å². The van der Waals surface area contributed by atoms with Crippen LogP contribution in [0.2, 0.25) is 0 Å². The molecule has 0 atom stereocenters. The third-order valence-electron chi connectivity index (χ3n) is 5.08. The number of aromatic nitrogens is 1. The Balaban J connectivity index is 1.63. The largest absolute Gasteiger partial charge is 0.365 e. The van der Waals surface area contributed by atoms with Crippen LogP contribution in [0.25, 0.3) is 0 Å². The molecule has 2 aromatic rings. The van der Waals surface area contributed by atoms with E-state index in [1.807, 2.05) is 12.3 Å². The van der Waals surface area contributed by atoms with E-state index >= 15 is 0 Å². The highest BCUT2D eigenvalue weighted by Crippen LogP contribution is 2.32. The van der Waals surface area contributed by atoms with Crippen LogP contribution in [0, 0.1) is 0 Å². The lowest BCUT2D eigenvalue weighted by atomic mass is 9.91. The molecule has 0 bridgehead atoms. The Morgan fingerprint density at radius 2 is 1.92 bits per heavy atom. The van der Waals surface area contributed by atoms with Crippen molar-refractivity contribution in [3.05, 3.63) is 52.8 Å². The summed E-state index contributed by atoms with van der Waals surface area (Å²) in [5.74, 6) is 0. The zero-order valence-corrected chi connectivity index (χ0v) is 14.3. The van der Waals surface area contributed by atoms with Crippen LogP contribution in [0.4, 0.5) is 5.69 Å².